The van der Waals surface area contributed by atoms with Gasteiger partial charge in [0.15, 0.2) is 5.75 Å². The van der Waals surface area contributed by atoms with Crippen molar-refractivity contribution >= 4 is 27.4 Å². The highest BCUT2D eigenvalue weighted by Crippen LogP contribution is 2.34. The van der Waals surface area contributed by atoms with Crippen LogP contribution in [0.1, 0.15) is 15.2 Å². The zero-order valence-electron chi connectivity index (χ0n) is 11.8. The number of rotatable bonds is 4. The lowest BCUT2D eigenvalue weighted by Crippen LogP contribution is -1.96. The third kappa shape index (κ3) is 2.79. The van der Waals surface area contributed by atoms with Crippen LogP contribution in [-0.4, -0.2) is 23.2 Å². The van der Waals surface area contributed by atoms with Gasteiger partial charge in [-0.3, -0.25) is 4.98 Å². The molecule has 0 bridgehead atoms. The van der Waals surface area contributed by atoms with Crippen LogP contribution in [0.2, 0.25) is 0 Å². The Bertz CT molecular complexity index is 811. The second-order valence-corrected chi connectivity index (χ2v) is 5.64. The average molecular weight is 315 g/mol. The summed E-state index contributed by atoms with van der Waals surface area (Å²) >= 11 is 1.31. The highest BCUT2D eigenvalue weighted by molar-refractivity contribution is 7.20. The summed E-state index contributed by atoms with van der Waals surface area (Å²) in [6.45, 7) is -0.00949. The Hall–Kier alpha value is -2.44. The van der Waals surface area contributed by atoms with E-state index in [4.69, 9.17) is 14.6 Å². The first-order valence-electron chi connectivity index (χ1n) is 6.55. The molecule has 2 aromatic heterocycles. The van der Waals surface area contributed by atoms with Crippen molar-refractivity contribution in [3.63, 3.8) is 0 Å². The van der Waals surface area contributed by atoms with E-state index in [0.29, 0.717) is 16.4 Å². The molecule has 0 unspecified atom stereocenters. The first kappa shape index (κ1) is 14.5. The topological polar surface area (TPSA) is 68.7 Å². The quantitative estimate of drug-likeness (QED) is 0.748. The van der Waals surface area contributed by atoms with Gasteiger partial charge < -0.3 is 14.6 Å². The van der Waals surface area contributed by atoms with Crippen LogP contribution in [0.5, 0.6) is 11.5 Å². The number of carbonyl (C=O) groups excluding carboxylic acids is 1. The van der Waals surface area contributed by atoms with Crippen molar-refractivity contribution in [2.24, 2.45) is 0 Å². The number of fused-ring (bicyclic) bond motifs is 1. The minimum Gasteiger partial charge on any atom is -0.465 e. The van der Waals surface area contributed by atoms with Crippen molar-refractivity contribution in [2.45, 2.75) is 6.61 Å². The molecule has 0 radical (unpaired) electrons. The van der Waals surface area contributed by atoms with Gasteiger partial charge in [-0.1, -0.05) is 12.1 Å². The molecule has 0 amide bonds. The number of esters is 1. The molecule has 1 N–H and O–H groups in total. The monoisotopic (exact) mass is 315 g/mol. The number of nitrogens with zero attached hydrogens (tertiary/aromatic N) is 1. The van der Waals surface area contributed by atoms with Gasteiger partial charge in [0.2, 0.25) is 0 Å². The Balaban J connectivity index is 1.95. The van der Waals surface area contributed by atoms with E-state index in [-0.39, 0.29) is 12.6 Å². The van der Waals surface area contributed by atoms with Crippen molar-refractivity contribution in [2.75, 3.05) is 7.11 Å². The molecule has 0 aliphatic carbocycles. The van der Waals surface area contributed by atoms with Crippen LogP contribution in [0.15, 0.2) is 42.7 Å². The highest BCUT2D eigenvalue weighted by atomic mass is 32.1. The molecule has 6 heteroatoms. The lowest BCUT2D eigenvalue weighted by Gasteiger charge is -2.06. The number of benzene rings is 1. The van der Waals surface area contributed by atoms with Gasteiger partial charge in [-0.05, 0) is 23.8 Å². The number of ether oxygens (including phenoxy) is 2. The van der Waals surface area contributed by atoms with Gasteiger partial charge >= 0.3 is 5.97 Å². The molecule has 0 saturated heterocycles. The van der Waals surface area contributed by atoms with Gasteiger partial charge in [-0.25, -0.2) is 4.79 Å². The van der Waals surface area contributed by atoms with E-state index in [1.54, 1.807) is 42.7 Å². The molecule has 0 saturated carbocycles. The predicted molar refractivity (Wildman–Crippen MR) is 83.4 cm³/mol. The van der Waals surface area contributed by atoms with Gasteiger partial charge in [-0.15, -0.1) is 11.3 Å². The summed E-state index contributed by atoms with van der Waals surface area (Å²) in [6, 6.07) is 8.87. The molecule has 2 heterocycles. The van der Waals surface area contributed by atoms with Crippen molar-refractivity contribution in [1.29, 1.82) is 0 Å². The lowest BCUT2D eigenvalue weighted by molar-refractivity contribution is 0.0606. The Morgan fingerprint density at radius 1 is 1.27 bits per heavy atom. The van der Waals surface area contributed by atoms with Gasteiger partial charge in [0.05, 0.1) is 24.6 Å². The predicted octanol–water partition coefficient (Wildman–Crippen LogP) is 3.37. The molecular weight excluding hydrogens is 302 g/mol. The van der Waals surface area contributed by atoms with Crippen LogP contribution in [0.3, 0.4) is 0 Å². The molecule has 0 atom stereocenters. The molecule has 0 spiro atoms. The molecule has 3 rings (SSSR count). The fourth-order valence-electron chi connectivity index (χ4n) is 2.01. The Kier molecular flexibility index (Phi) is 4.04. The van der Waals surface area contributed by atoms with Crippen LogP contribution >= 0.6 is 11.3 Å². The average Bonchev–Trinajstić information content (AvgIpc) is 3.00. The maximum Gasteiger partial charge on any atom is 0.348 e. The van der Waals surface area contributed by atoms with Crippen molar-refractivity contribution in [3.8, 4) is 11.5 Å². The third-order valence-electron chi connectivity index (χ3n) is 3.13. The third-order valence-corrected chi connectivity index (χ3v) is 4.18. The summed E-state index contributed by atoms with van der Waals surface area (Å²) in [5.74, 6) is 0.831. The van der Waals surface area contributed by atoms with Crippen molar-refractivity contribution < 1.29 is 19.4 Å². The minimum absolute atomic E-state index is 0.00949. The van der Waals surface area contributed by atoms with E-state index in [1.165, 1.54) is 18.4 Å². The van der Waals surface area contributed by atoms with Crippen LogP contribution < -0.4 is 4.74 Å². The Labute approximate surface area is 130 Å². The highest BCUT2D eigenvalue weighted by Gasteiger charge is 2.14. The van der Waals surface area contributed by atoms with E-state index >= 15 is 0 Å². The smallest absolute Gasteiger partial charge is 0.348 e. The number of carbonyl (C=O) groups is 1. The number of aliphatic hydroxyl groups excluding tert-OH is 1. The molecule has 3 aromatic rings. The molecular formula is C16H13NO4S. The maximum atomic E-state index is 11.6. The second-order valence-electron chi connectivity index (χ2n) is 4.56. The molecule has 1 aromatic carbocycles. The zero-order valence-corrected chi connectivity index (χ0v) is 12.6. The zero-order chi connectivity index (χ0) is 15.5. The normalized spacial score (nSPS) is 10.6. The molecule has 0 aliphatic rings. The van der Waals surface area contributed by atoms with Crippen LogP contribution in [0, 0.1) is 0 Å². The van der Waals surface area contributed by atoms with Gasteiger partial charge in [0, 0.05) is 11.6 Å². The molecule has 0 fully saturated rings. The summed E-state index contributed by atoms with van der Waals surface area (Å²) in [6.07, 6.45) is 3.30. The number of thiophene rings is 1. The lowest BCUT2D eigenvalue weighted by atomic mass is 10.2. The van der Waals surface area contributed by atoms with E-state index in [2.05, 4.69) is 4.98 Å². The molecule has 22 heavy (non-hydrogen) atoms. The van der Waals surface area contributed by atoms with Crippen molar-refractivity contribution in [1.82, 2.24) is 4.98 Å². The number of hydrogen-bond acceptors (Lipinski definition) is 6. The van der Waals surface area contributed by atoms with E-state index in [9.17, 15) is 4.79 Å². The van der Waals surface area contributed by atoms with E-state index in [0.717, 1.165) is 15.6 Å². The first-order valence-corrected chi connectivity index (χ1v) is 7.36. The fourth-order valence-corrected chi connectivity index (χ4v) is 2.97. The Morgan fingerprint density at radius 3 is 2.73 bits per heavy atom. The first-order chi connectivity index (χ1) is 10.7. The number of methoxy groups -OCH3 is 1. The second kappa shape index (κ2) is 6.13. The van der Waals surface area contributed by atoms with Gasteiger partial charge in [0.25, 0.3) is 0 Å². The van der Waals surface area contributed by atoms with Crippen LogP contribution in [-0.2, 0) is 11.3 Å². The molecule has 0 aliphatic heterocycles. The number of hydrogen-bond donors (Lipinski definition) is 1. The van der Waals surface area contributed by atoms with Gasteiger partial charge in [0.1, 0.15) is 10.6 Å². The van der Waals surface area contributed by atoms with Gasteiger partial charge in [-0.2, -0.15) is 0 Å². The summed E-state index contributed by atoms with van der Waals surface area (Å²) in [4.78, 5) is 16.3. The summed E-state index contributed by atoms with van der Waals surface area (Å²) in [7, 11) is 1.35. The Morgan fingerprint density at radius 2 is 2.05 bits per heavy atom. The number of pyridine rings is 1. The minimum atomic E-state index is -0.376. The fraction of sp³-hybridized carbons (Fsp3) is 0.125. The summed E-state index contributed by atoms with van der Waals surface area (Å²) < 4.78 is 11.4. The largest absolute Gasteiger partial charge is 0.465 e. The van der Waals surface area contributed by atoms with Crippen LogP contribution in [0.4, 0.5) is 0 Å². The molecule has 5 nitrogen and oxygen atoms in total. The SMILES string of the molecule is COC(=O)c1cc2c(Oc3ccc(CO)cc3)cncc2s1. The van der Waals surface area contributed by atoms with E-state index < -0.39 is 0 Å². The van der Waals surface area contributed by atoms with E-state index in [1.807, 2.05) is 0 Å². The summed E-state index contributed by atoms with van der Waals surface area (Å²) in [5.41, 5.74) is 0.812. The van der Waals surface area contributed by atoms with Crippen molar-refractivity contribution in [3.05, 3.63) is 53.2 Å². The molecule has 112 valence electrons. The number of aromatic nitrogens is 1. The van der Waals surface area contributed by atoms with Crippen LogP contribution in [0.25, 0.3) is 10.1 Å². The standard InChI is InChI=1S/C16H13NO4S/c1-20-16(19)14-6-12-13(7-17-8-15(12)22-14)21-11-4-2-10(9-18)3-5-11/h2-8,18H,9H2,1H3. The maximum absolute atomic E-state index is 11.6. The number of aliphatic hydroxyl groups is 1. The summed E-state index contributed by atoms with van der Waals surface area (Å²) in [5, 5.41) is 9.86.